The van der Waals surface area contributed by atoms with E-state index in [0.717, 1.165) is 10.2 Å². The standard InChI is InChI=1S/C16H19BrN2/c1-11-6-7-12(2)15(8-11)16(10-18)19-14-5-3-4-13(17)9-14/h3-9,16,19H,10,18H2,1-2H3. The molecule has 0 bridgehead atoms. The molecule has 0 aliphatic rings. The fourth-order valence-corrected chi connectivity index (χ4v) is 2.58. The lowest BCUT2D eigenvalue weighted by atomic mass is 9.98. The molecule has 0 saturated carbocycles. The van der Waals surface area contributed by atoms with E-state index in [1.807, 2.05) is 12.1 Å². The molecular formula is C16H19BrN2. The third-order valence-corrected chi connectivity index (χ3v) is 3.70. The molecule has 0 amide bonds. The van der Waals surface area contributed by atoms with Crippen molar-refractivity contribution in [2.75, 3.05) is 11.9 Å². The zero-order chi connectivity index (χ0) is 13.8. The summed E-state index contributed by atoms with van der Waals surface area (Å²) < 4.78 is 1.06. The van der Waals surface area contributed by atoms with Gasteiger partial charge < -0.3 is 11.1 Å². The number of nitrogens with two attached hydrogens (primary N) is 1. The Morgan fingerprint density at radius 1 is 1.16 bits per heavy atom. The normalized spacial score (nSPS) is 12.2. The quantitative estimate of drug-likeness (QED) is 0.887. The summed E-state index contributed by atoms with van der Waals surface area (Å²) in [7, 11) is 0. The Morgan fingerprint density at radius 2 is 1.95 bits per heavy atom. The summed E-state index contributed by atoms with van der Waals surface area (Å²) in [5, 5.41) is 3.50. The van der Waals surface area contributed by atoms with E-state index in [-0.39, 0.29) is 6.04 Å². The van der Waals surface area contributed by atoms with E-state index >= 15 is 0 Å². The highest BCUT2D eigenvalue weighted by atomic mass is 79.9. The van der Waals surface area contributed by atoms with E-state index in [2.05, 4.69) is 65.4 Å². The molecule has 3 N–H and O–H groups in total. The lowest BCUT2D eigenvalue weighted by molar-refractivity contribution is 0.782. The second-order valence-electron chi connectivity index (χ2n) is 4.80. The number of aryl methyl sites for hydroxylation is 2. The van der Waals surface area contributed by atoms with Crippen LogP contribution in [0.15, 0.2) is 46.9 Å². The maximum absolute atomic E-state index is 5.94. The summed E-state index contributed by atoms with van der Waals surface area (Å²) in [6.07, 6.45) is 0. The number of hydrogen-bond donors (Lipinski definition) is 2. The summed E-state index contributed by atoms with van der Waals surface area (Å²) in [6.45, 7) is 4.80. The Kier molecular flexibility index (Phi) is 4.61. The van der Waals surface area contributed by atoms with Gasteiger partial charge >= 0.3 is 0 Å². The van der Waals surface area contributed by atoms with Gasteiger partial charge in [-0.2, -0.15) is 0 Å². The smallest absolute Gasteiger partial charge is 0.0638 e. The number of halogens is 1. The second kappa shape index (κ2) is 6.22. The van der Waals surface area contributed by atoms with Crippen LogP contribution in [0.2, 0.25) is 0 Å². The Hall–Kier alpha value is -1.32. The molecular weight excluding hydrogens is 300 g/mol. The molecule has 2 aromatic carbocycles. The van der Waals surface area contributed by atoms with Crippen molar-refractivity contribution in [1.82, 2.24) is 0 Å². The summed E-state index contributed by atoms with van der Waals surface area (Å²) in [4.78, 5) is 0. The first-order chi connectivity index (χ1) is 9.10. The fourth-order valence-electron chi connectivity index (χ4n) is 2.18. The number of hydrogen-bond acceptors (Lipinski definition) is 2. The minimum Gasteiger partial charge on any atom is -0.377 e. The number of rotatable bonds is 4. The van der Waals surface area contributed by atoms with Crippen molar-refractivity contribution in [3.8, 4) is 0 Å². The molecule has 0 spiro atoms. The minimum atomic E-state index is 0.134. The van der Waals surface area contributed by atoms with Crippen LogP contribution in [0, 0.1) is 13.8 Å². The Labute approximate surface area is 123 Å². The first-order valence-electron chi connectivity index (χ1n) is 6.39. The molecule has 0 aromatic heterocycles. The van der Waals surface area contributed by atoms with Crippen LogP contribution in [0.4, 0.5) is 5.69 Å². The van der Waals surface area contributed by atoms with Crippen LogP contribution in [0.3, 0.4) is 0 Å². The van der Waals surface area contributed by atoms with E-state index in [9.17, 15) is 0 Å². The lowest BCUT2D eigenvalue weighted by Crippen LogP contribution is -2.21. The van der Waals surface area contributed by atoms with Crippen molar-refractivity contribution in [3.05, 3.63) is 63.6 Å². The Bertz CT molecular complexity index is 566. The molecule has 0 saturated heterocycles. The van der Waals surface area contributed by atoms with Crippen LogP contribution in [0.5, 0.6) is 0 Å². The number of anilines is 1. The Balaban J connectivity index is 2.27. The van der Waals surface area contributed by atoms with Gasteiger partial charge in [-0.3, -0.25) is 0 Å². The van der Waals surface area contributed by atoms with Crippen LogP contribution in [-0.2, 0) is 0 Å². The zero-order valence-corrected chi connectivity index (χ0v) is 12.9. The molecule has 0 heterocycles. The van der Waals surface area contributed by atoms with Crippen molar-refractivity contribution in [1.29, 1.82) is 0 Å². The first kappa shape index (κ1) is 14.1. The summed E-state index contributed by atoms with van der Waals surface area (Å²) in [5.74, 6) is 0. The fraction of sp³-hybridized carbons (Fsp3) is 0.250. The third kappa shape index (κ3) is 3.58. The van der Waals surface area contributed by atoms with Crippen molar-refractivity contribution >= 4 is 21.6 Å². The molecule has 0 aliphatic carbocycles. The van der Waals surface area contributed by atoms with Crippen LogP contribution in [-0.4, -0.2) is 6.54 Å². The van der Waals surface area contributed by atoms with Crippen LogP contribution >= 0.6 is 15.9 Å². The van der Waals surface area contributed by atoms with Gasteiger partial charge in [-0.25, -0.2) is 0 Å². The zero-order valence-electron chi connectivity index (χ0n) is 11.3. The first-order valence-corrected chi connectivity index (χ1v) is 7.19. The molecule has 100 valence electrons. The van der Waals surface area contributed by atoms with Gasteiger partial charge in [0.1, 0.15) is 0 Å². The maximum Gasteiger partial charge on any atom is 0.0638 e. The topological polar surface area (TPSA) is 38.0 Å². The van der Waals surface area contributed by atoms with Crippen LogP contribution < -0.4 is 11.1 Å². The predicted octanol–water partition coefficient (Wildman–Crippen LogP) is 4.18. The predicted molar refractivity (Wildman–Crippen MR) is 85.5 cm³/mol. The van der Waals surface area contributed by atoms with Crippen molar-refractivity contribution in [2.24, 2.45) is 5.73 Å². The molecule has 2 aromatic rings. The van der Waals surface area contributed by atoms with Crippen molar-refractivity contribution in [2.45, 2.75) is 19.9 Å². The molecule has 1 unspecified atom stereocenters. The molecule has 1 atom stereocenters. The third-order valence-electron chi connectivity index (χ3n) is 3.21. The minimum absolute atomic E-state index is 0.134. The largest absolute Gasteiger partial charge is 0.377 e. The Morgan fingerprint density at radius 3 is 2.63 bits per heavy atom. The van der Waals surface area contributed by atoms with Gasteiger partial charge in [-0.1, -0.05) is 45.8 Å². The molecule has 19 heavy (non-hydrogen) atoms. The average Bonchev–Trinajstić information content (AvgIpc) is 2.39. The van der Waals surface area contributed by atoms with Crippen molar-refractivity contribution < 1.29 is 0 Å². The van der Waals surface area contributed by atoms with Gasteiger partial charge in [0.25, 0.3) is 0 Å². The maximum atomic E-state index is 5.94. The summed E-state index contributed by atoms with van der Waals surface area (Å²) in [5.41, 5.74) is 10.8. The van der Waals surface area contributed by atoms with E-state index in [0.29, 0.717) is 6.54 Å². The number of benzene rings is 2. The highest BCUT2D eigenvalue weighted by molar-refractivity contribution is 9.10. The SMILES string of the molecule is Cc1ccc(C)c(C(CN)Nc2cccc(Br)c2)c1. The van der Waals surface area contributed by atoms with Gasteiger partial charge in [0.05, 0.1) is 6.04 Å². The number of nitrogens with one attached hydrogen (secondary N) is 1. The molecule has 2 nitrogen and oxygen atoms in total. The van der Waals surface area contributed by atoms with E-state index in [1.165, 1.54) is 16.7 Å². The molecule has 0 radical (unpaired) electrons. The molecule has 2 rings (SSSR count). The molecule has 0 fully saturated rings. The van der Waals surface area contributed by atoms with E-state index < -0.39 is 0 Å². The molecule has 3 heteroatoms. The van der Waals surface area contributed by atoms with E-state index in [4.69, 9.17) is 5.73 Å². The summed E-state index contributed by atoms with van der Waals surface area (Å²) >= 11 is 3.49. The van der Waals surface area contributed by atoms with Gasteiger partial charge in [-0.15, -0.1) is 0 Å². The lowest BCUT2D eigenvalue weighted by Gasteiger charge is -2.21. The second-order valence-corrected chi connectivity index (χ2v) is 5.72. The highest BCUT2D eigenvalue weighted by Crippen LogP contribution is 2.24. The summed E-state index contributed by atoms with van der Waals surface area (Å²) in [6, 6.07) is 14.8. The van der Waals surface area contributed by atoms with Gasteiger partial charge in [0.2, 0.25) is 0 Å². The average molecular weight is 319 g/mol. The van der Waals surface area contributed by atoms with Gasteiger partial charge in [0, 0.05) is 16.7 Å². The van der Waals surface area contributed by atoms with Gasteiger partial charge in [0.15, 0.2) is 0 Å². The van der Waals surface area contributed by atoms with E-state index in [1.54, 1.807) is 0 Å². The monoisotopic (exact) mass is 318 g/mol. The molecule has 0 aliphatic heterocycles. The van der Waals surface area contributed by atoms with Crippen LogP contribution in [0.25, 0.3) is 0 Å². The highest BCUT2D eigenvalue weighted by Gasteiger charge is 2.12. The van der Waals surface area contributed by atoms with Crippen LogP contribution in [0.1, 0.15) is 22.7 Å². The van der Waals surface area contributed by atoms with Gasteiger partial charge in [-0.05, 0) is 43.2 Å². The van der Waals surface area contributed by atoms with Crippen molar-refractivity contribution in [3.63, 3.8) is 0 Å².